The van der Waals surface area contributed by atoms with Crippen LogP contribution in [0.2, 0.25) is 0 Å². The van der Waals surface area contributed by atoms with Gasteiger partial charge in [-0.3, -0.25) is 9.78 Å². The summed E-state index contributed by atoms with van der Waals surface area (Å²) in [7, 11) is 1.51. The molecule has 2 aromatic carbocycles. The van der Waals surface area contributed by atoms with Gasteiger partial charge in [0.25, 0.3) is 5.91 Å². The second-order valence-electron chi connectivity index (χ2n) is 6.87. The average Bonchev–Trinajstić information content (AvgIpc) is 3.27. The van der Waals surface area contributed by atoms with Crippen LogP contribution < -0.4 is 9.47 Å². The third-order valence-corrected chi connectivity index (χ3v) is 6.37. The van der Waals surface area contributed by atoms with Gasteiger partial charge in [0.05, 0.1) is 19.3 Å². The lowest BCUT2D eigenvalue weighted by Crippen LogP contribution is -2.26. The van der Waals surface area contributed by atoms with Crippen molar-refractivity contribution in [1.29, 1.82) is 0 Å². The monoisotopic (exact) mass is 531 g/mol. The SMILES string of the molecule is COc1c(OCCO)cccc1C1SC(c2ccc(F)cc2)=NN1C(=O)c1cncc(Br)c1. The smallest absolute Gasteiger partial charge is 0.277 e. The van der Waals surface area contributed by atoms with E-state index in [9.17, 15) is 9.18 Å². The fourth-order valence-electron chi connectivity index (χ4n) is 3.27. The van der Waals surface area contributed by atoms with Crippen LogP contribution in [0.15, 0.2) is 70.5 Å². The molecule has 10 heteroatoms. The standard InChI is InChI=1S/C23H19BrFN3O4S/c1-31-20-18(3-2-4-19(20)32-10-9-29)23-28(22(30)15-11-16(24)13-26-12-15)27-21(33-23)14-5-7-17(25)8-6-14/h2-8,11-13,23,29H,9-10H2,1H3. The summed E-state index contributed by atoms with van der Waals surface area (Å²) in [6.07, 6.45) is 3.06. The molecule has 33 heavy (non-hydrogen) atoms. The van der Waals surface area contributed by atoms with Gasteiger partial charge >= 0.3 is 0 Å². The summed E-state index contributed by atoms with van der Waals surface area (Å²) in [5.41, 5.74) is 1.70. The van der Waals surface area contributed by atoms with E-state index >= 15 is 0 Å². The number of hydrazone groups is 1. The van der Waals surface area contributed by atoms with Crippen LogP contribution in [0.3, 0.4) is 0 Å². The molecule has 170 valence electrons. The van der Waals surface area contributed by atoms with Crippen molar-refractivity contribution >= 4 is 38.6 Å². The van der Waals surface area contributed by atoms with E-state index in [4.69, 9.17) is 14.6 Å². The summed E-state index contributed by atoms with van der Waals surface area (Å²) >= 11 is 4.68. The van der Waals surface area contributed by atoms with Gasteiger partial charge in [-0.15, -0.1) is 0 Å². The molecule has 0 spiro atoms. The Morgan fingerprint density at radius 2 is 2.03 bits per heavy atom. The summed E-state index contributed by atoms with van der Waals surface area (Å²) in [6.45, 7) is -0.0504. The number of aliphatic hydroxyl groups is 1. The van der Waals surface area contributed by atoms with E-state index in [1.54, 1.807) is 36.5 Å². The third-order valence-electron chi connectivity index (χ3n) is 4.72. The van der Waals surface area contributed by atoms with Gasteiger partial charge in [-0.05, 0) is 52.3 Å². The van der Waals surface area contributed by atoms with Crippen LogP contribution in [0.25, 0.3) is 0 Å². The fourth-order valence-corrected chi connectivity index (χ4v) is 4.81. The number of pyridine rings is 1. The summed E-state index contributed by atoms with van der Waals surface area (Å²) in [5, 5.41) is 15.1. The number of carbonyl (C=O) groups is 1. The second kappa shape index (κ2) is 10.3. The van der Waals surface area contributed by atoms with Crippen molar-refractivity contribution in [3.05, 3.63) is 87.9 Å². The van der Waals surface area contributed by atoms with Crippen molar-refractivity contribution in [2.24, 2.45) is 5.10 Å². The average molecular weight is 532 g/mol. The highest BCUT2D eigenvalue weighted by molar-refractivity contribution is 9.10. The largest absolute Gasteiger partial charge is 0.492 e. The maximum absolute atomic E-state index is 13.5. The van der Waals surface area contributed by atoms with Gasteiger partial charge < -0.3 is 14.6 Å². The van der Waals surface area contributed by atoms with Crippen molar-refractivity contribution < 1.29 is 23.8 Å². The van der Waals surface area contributed by atoms with Crippen molar-refractivity contribution in [3.63, 3.8) is 0 Å². The number of hydrogen-bond donors (Lipinski definition) is 1. The number of amides is 1. The van der Waals surface area contributed by atoms with E-state index in [-0.39, 0.29) is 24.9 Å². The van der Waals surface area contributed by atoms with Crippen LogP contribution in [0.1, 0.15) is 26.9 Å². The summed E-state index contributed by atoms with van der Waals surface area (Å²) in [4.78, 5) is 17.5. The molecule has 0 fully saturated rings. The molecule has 4 rings (SSSR count). The van der Waals surface area contributed by atoms with E-state index in [0.29, 0.717) is 37.7 Å². The van der Waals surface area contributed by atoms with Crippen LogP contribution in [0, 0.1) is 5.82 Å². The highest BCUT2D eigenvalue weighted by Gasteiger charge is 2.37. The Labute approximate surface area is 202 Å². The van der Waals surface area contributed by atoms with Crippen LogP contribution >= 0.6 is 27.7 Å². The zero-order valence-electron chi connectivity index (χ0n) is 17.4. The molecule has 0 saturated carbocycles. The van der Waals surface area contributed by atoms with Gasteiger partial charge in [-0.1, -0.05) is 23.9 Å². The van der Waals surface area contributed by atoms with Crippen LogP contribution in [-0.4, -0.2) is 46.4 Å². The van der Waals surface area contributed by atoms with Crippen LogP contribution in [-0.2, 0) is 0 Å². The van der Waals surface area contributed by atoms with Crippen molar-refractivity contribution in [3.8, 4) is 11.5 Å². The lowest BCUT2D eigenvalue weighted by atomic mass is 10.1. The molecule has 1 aliphatic heterocycles. The van der Waals surface area contributed by atoms with Gasteiger partial charge in [0.1, 0.15) is 22.8 Å². The van der Waals surface area contributed by atoms with Gasteiger partial charge in [-0.25, -0.2) is 9.40 Å². The number of carbonyl (C=O) groups excluding carboxylic acids is 1. The highest BCUT2D eigenvalue weighted by atomic mass is 79.9. The number of hydrogen-bond acceptors (Lipinski definition) is 7. The number of methoxy groups -OCH3 is 1. The van der Waals surface area contributed by atoms with E-state index in [2.05, 4.69) is 26.0 Å². The predicted molar refractivity (Wildman–Crippen MR) is 127 cm³/mol. The Bertz CT molecular complexity index is 1190. The molecule has 1 unspecified atom stereocenters. The number of aliphatic hydroxyl groups excluding tert-OH is 1. The molecule has 0 radical (unpaired) electrons. The Morgan fingerprint density at radius 1 is 1.24 bits per heavy atom. The van der Waals surface area contributed by atoms with Gasteiger partial charge in [0.15, 0.2) is 11.5 Å². The molecule has 1 atom stereocenters. The Morgan fingerprint density at radius 3 is 2.73 bits per heavy atom. The molecule has 7 nitrogen and oxygen atoms in total. The quantitative estimate of drug-likeness (QED) is 0.479. The van der Waals surface area contributed by atoms with Crippen molar-refractivity contribution in [1.82, 2.24) is 9.99 Å². The first-order valence-corrected chi connectivity index (χ1v) is 11.5. The van der Waals surface area contributed by atoms with Crippen molar-refractivity contribution in [2.45, 2.75) is 5.37 Å². The lowest BCUT2D eigenvalue weighted by molar-refractivity contribution is 0.0747. The molecule has 3 aromatic rings. The Kier molecular flexibility index (Phi) is 7.26. The molecule has 1 aromatic heterocycles. The summed E-state index contributed by atoms with van der Waals surface area (Å²) in [6, 6.07) is 12.9. The molecule has 0 aliphatic carbocycles. The van der Waals surface area contributed by atoms with Gasteiger partial charge in [0, 0.05) is 28.0 Å². The summed E-state index contributed by atoms with van der Waals surface area (Å²) in [5.74, 6) is 0.158. The molecule has 0 bridgehead atoms. The number of ether oxygens (including phenoxy) is 2. The predicted octanol–water partition coefficient (Wildman–Crippen LogP) is 4.61. The van der Waals surface area contributed by atoms with E-state index in [0.717, 1.165) is 0 Å². The minimum absolute atomic E-state index is 0.0985. The van der Waals surface area contributed by atoms with Crippen LogP contribution in [0.5, 0.6) is 11.5 Å². The number of thioether (sulfide) groups is 1. The molecule has 1 N–H and O–H groups in total. The zero-order chi connectivity index (χ0) is 23.4. The lowest BCUT2D eigenvalue weighted by Gasteiger charge is -2.24. The second-order valence-corrected chi connectivity index (χ2v) is 8.86. The van der Waals surface area contributed by atoms with Gasteiger partial charge in [-0.2, -0.15) is 5.10 Å². The molecule has 0 saturated heterocycles. The normalized spacial score (nSPS) is 15.3. The molecule has 1 amide bonds. The number of para-hydroxylation sites is 1. The highest BCUT2D eigenvalue weighted by Crippen LogP contribution is 2.47. The first-order valence-electron chi connectivity index (χ1n) is 9.87. The first kappa shape index (κ1) is 23.2. The van der Waals surface area contributed by atoms with E-state index in [1.807, 2.05) is 6.07 Å². The minimum Gasteiger partial charge on any atom is -0.492 e. The molecule has 2 heterocycles. The van der Waals surface area contributed by atoms with Crippen LogP contribution in [0.4, 0.5) is 4.39 Å². The minimum atomic E-state index is -0.579. The Hall–Kier alpha value is -2.95. The zero-order valence-corrected chi connectivity index (χ0v) is 19.8. The number of benzene rings is 2. The topological polar surface area (TPSA) is 84.2 Å². The fraction of sp³-hybridized carbons (Fsp3) is 0.174. The van der Waals surface area contributed by atoms with E-state index in [1.165, 1.54) is 42.2 Å². The molecular formula is C23H19BrFN3O4S. The van der Waals surface area contributed by atoms with Crippen molar-refractivity contribution in [2.75, 3.05) is 20.3 Å². The number of halogens is 2. The number of rotatable bonds is 7. The number of aromatic nitrogens is 1. The number of nitrogens with zero attached hydrogens (tertiary/aromatic N) is 3. The summed E-state index contributed by atoms with van der Waals surface area (Å²) < 4.78 is 25.3. The maximum Gasteiger partial charge on any atom is 0.277 e. The van der Waals surface area contributed by atoms with E-state index < -0.39 is 5.37 Å². The Balaban J connectivity index is 1.77. The first-order chi connectivity index (χ1) is 16.0. The maximum atomic E-state index is 13.5. The van der Waals surface area contributed by atoms with Gasteiger partial charge in [0.2, 0.25) is 0 Å². The molecular weight excluding hydrogens is 513 g/mol. The molecule has 1 aliphatic rings. The third kappa shape index (κ3) is 5.02.